The van der Waals surface area contributed by atoms with Gasteiger partial charge in [0, 0.05) is 29.8 Å². The number of carboxylic acids is 2. The third-order valence-corrected chi connectivity index (χ3v) is 5.16. The molecule has 2 aromatic carbocycles. The Morgan fingerprint density at radius 2 is 1.52 bits per heavy atom. The number of benzene rings is 2. The molecule has 0 spiro atoms. The highest BCUT2D eigenvalue weighted by Crippen LogP contribution is 2.35. The zero-order valence-corrected chi connectivity index (χ0v) is 20.5. The minimum Gasteiger partial charge on any atom is -0.496 e. The molecular formula is C27H37NO5. The second-order valence-corrected chi connectivity index (χ2v) is 8.41. The van der Waals surface area contributed by atoms with Gasteiger partial charge in [0.25, 0.3) is 0 Å². The number of methoxy groups -OCH3 is 1. The SMILES string of the molecule is COc1c(CCCN(C(C)C)C(C)C)cc(C)cc1-c1ccccc1.O=C(O)C=CC(=O)O. The summed E-state index contributed by atoms with van der Waals surface area (Å²) in [5.74, 6) is -1.49. The monoisotopic (exact) mass is 455 g/mol. The van der Waals surface area contributed by atoms with Crippen LogP contribution < -0.4 is 4.74 Å². The molecule has 6 nitrogen and oxygen atoms in total. The third-order valence-electron chi connectivity index (χ3n) is 5.16. The van der Waals surface area contributed by atoms with Crippen LogP contribution >= 0.6 is 0 Å². The molecule has 0 amide bonds. The standard InChI is InChI=1S/C23H33NO.C4H4O4/c1-17(2)24(18(3)4)14-10-13-21-15-19(5)16-22(23(21)25-6)20-11-8-7-9-12-20;5-3(6)1-2-4(7)8/h7-9,11-12,15-18H,10,13-14H2,1-6H3;1-2H,(H,5,6)(H,7,8). The molecule has 2 N–H and O–H groups in total. The number of aryl methyl sites for hydroxylation is 2. The van der Waals surface area contributed by atoms with Crippen LogP contribution in [-0.4, -0.2) is 52.8 Å². The van der Waals surface area contributed by atoms with E-state index >= 15 is 0 Å². The van der Waals surface area contributed by atoms with Crippen LogP contribution in [0.4, 0.5) is 0 Å². The largest absolute Gasteiger partial charge is 0.496 e. The number of aliphatic carboxylic acids is 2. The Kier molecular flexibility index (Phi) is 11.9. The maximum absolute atomic E-state index is 9.55. The van der Waals surface area contributed by atoms with E-state index in [0.717, 1.165) is 25.1 Å². The Hall–Kier alpha value is -3.12. The fourth-order valence-electron chi connectivity index (χ4n) is 3.81. The van der Waals surface area contributed by atoms with Crippen LogP contribution in [-0.2, 0) is 16.0 Å². The number of carbonyl (C=O) groups is 2. The van der Waals surface area contributed by atoms with Crippen molar-refractivity contribution >= 4 is 11.9 Å². The molecule has 0 heterocycles. The van der Waals surface area contributed by atoms with E-state index < -0.39 is 11.9 Å². The lowest BCUT2D eigenvalue weighted by Crippen LogP contribution is -2.37. The highest BCUT2D eigenvalue weighted by atomic mass is 16.5. The summed E-state index contributed by atoms with van der Waals surface area (Å²) in [7, 11) is 1.79. The maximum atomic E-state index is 9.55. The van der Waals surface area contributed by atoms with Crippen molar-refractivity contribution in [1.82, 2.24) is 4.90 Å². The van der Waals surface area contributed by atoms with Crippen LogP contribution in [0.15, 0.2) is 54.6 Å². The first-order valence-electron chi connectivity index (χ1n) is 11.2. The van der Waals surface area contributed by atoms with Crippen LogP contribution in [0.3, 0.4) is 0 Å². The Bertz CT molecular complexity index is 896. The van der Waals surface area contributed by atoms with Crippen molar-refractivity contribution in [2.24, 2.45) is 0 Å². The van der Waals surface area contributed by atoms with E-state index in [4.69, 9.17) is 14.9 Å². The van der Waals surface area contributed by atoms with E-state index in [1.54, 1.807) is 7.11 Å². The van der Waals surface area contributed by atoms with Crippen molar-refractivity contribution < 1.29 is 24.5 Å². The van der Waals surface area contributed by atoms with Gasteiger partial charge in [0.2, 0.25) is 0 Å². The lowest BCUT2D eigenvalue weighted by atomic mass is 9.96. The molecule has 180 valence electrons. The first-order valence-corrected chi connectivity index (χ1v) is 11.2. The van der Waals surface area contributed by atoms with Gasteiger partial charge in [-0.1, -0.05) is 36.4 Å². The van der Waals surface area contributed by atoms with E-state index in [9.17, 15) is 9.59 Å². The summed E-state index contributed by atoms with van der Waals surface area (Å²) < 4.78 is 5.82. The first-order chi connectivity index (χ1) is 15.6. The fourth-order valence-corrected chi connectivity index (χ4v) is 3.81. The molecule has 0 fully saturated rings. The van der Waals surface area contributed by atoms with Crippen LogP contribution in [0.25, 0.3) is 11.1 Å². The second kappa shape index (κ2) is 14.1. The van der Waals surface area contributed by atoms with Crippen molar-refractivity contribution in [1.29, 1.82) is 0 Å². The maximum Gasteiger partial charge on any atom is 0.328 e. The van der Waals surface area contributed by atoms with Crippen molar-refractivity contribution in [3.05, 3.63) is 65.7 Å². The van der Waals surface area contributed by atoms with Gasteiger partial charge in [-0.15, -0.1) is 0 Å². The van der Waals surface area contributed by atoms with Crippen molar-refractivity contribution in [3.63, 3.8) is 0 Å². The van der Waals surface area contributed by atoms with Crippen LogP contribution in [0.1, 0.15) is 45.2 Å². The zero-order chi connectivity index (χ0) is 25.0. The van der Waals surface area contributed by atoms with Crippen molar-refractivity contribution in [2.75, 3.05) is 13.7 Å². The van der Waals surface area contributed by atoms with Gasteiger partial charge in [-0.05, 0) is 76.8 Å². The molecular weight excluding hydrogens is 418 g/mol. The first kappa shape index (κ1) is 27.9. The molecule has 6 heteroatoms. The van der Waals surface area contributed by atoms with Crippen molar-refractivity contribution in [2.45, 2.75) is 59.5 Å². The van der Waals surface area contributed by atoms with E-state index in [-0.39, 0.29) is 0 Å². The zero-order valence-electron chi connectivity index (χ0n) is 20.5. The van der Waals surface area contributed by atoms with E-state index in [0.29, 0.717) is 24.2 Å². The van der Waals surface area contributed by atoms with Gasteiger partial charge in [-0.2, -0.15) is 0 Å². The van der Waals surface area contributed by atoms with Gasteiger partial charge >= 0.3 is 11.9 Å². The molecule has 2 rings (SSSR count). The molecule has 0 aliphatic heterocycles. The summed E-state index contributed by atoms with van der Waals surface area (Å²) in [6.45, 7) is 12.4. The van der Waals surface area contributed by atoms with Gasteiger partial charge in [-0.3, -0.25) is 4.90 Å². The number of hydrogen-bond acceptors (Lipinski definition) is 4. The lowest BCUT2D eigenvalue weighted by molar-refractivity contribution is -0.134. The predicted octanol–water partition coefficient (Wildman–Crippen LogP) is 5.43. The molecule has 0 aliphatic carbocycles. The van der Waals surface area contributed by atoms with E-state index in [1.807, 2.05) is 0 Å². The van der Waals surface area contributed by atoms with Gasteiger partial charge in [0.05, 0.1) is 7.11 Å². The minimum atomic E-state index is -1.26. The predicted molar refractivity (Wildman–Crippen MR) is 133 cm³/mol. The molecule has 0 aliphatic rings. The van der Waals surface area contributed by atoms with Gasteiger partial charge in [0.1, 0.15) is 5.75 Å². The Morgan fingerprint density at radius 3 is 1.97 bits per heavy atom. The summed E-state index contributed by atoms with van der Waals surface area (Å²) in [4.78, 5) is 21.7. The number of nitrogens with zero attached hydrogens (tertiary/aromatic N) is 1. The smallest absolute Gasteiger partial charge is 0.328 e. The summed E-state index contributed by atoms with van der Waals surface area (Å²) in [6, 6.07) is 16.2. The number of rotatable bonds is 10. The molecule has 0 unspecified atom stereocenters. The highest BCUT2D eigenvalue weighted by Gasteiger charge is 2.15. The van der Waals surface area contributed by atoms with Crippen LogP contribution in [0.5, 0.6) is 5.75 Å². The van der Waals surface area contributed by atoms with Gasteiger partial charge in [0.15, 0.2) is 0 Å². The normalized spacial score (nSPS) is 11.1. The minimum absolute atomic E-state index is 0.558. The molecule has 0 saturated heterocycles. The number of carboxylic acid groups (broad SMARTS) is 2. The van der Waals surface area contributed by atoms with Crippen molar-refractivity contribution in [3.8, 4) is 16.9 Å². The van der Waals surface area contributed by atoms with E-state index in [1.165, 1.54) is 22.3 Å². The van der Waals surface area contributed by atoms with E-state index in [2.05, 4.69) is 82.0 Å². The molecule has 0 saturated carbocycles. The summed E-state index contributed by atoms with van der Waals surface area (Å²) >= 11 is 0. The highest BCUT2D eigenvalue weighted by molar-refractivity contribution is 5.89. The molecule has 0 radical (unpaired) electrons. The molecule has 33 heavy (non-hydrogen) atoms. The number of ether oxygens (including phenoxy) is 1. The molecule has 0 atom stereocenters. The Morgan fingerprint density at radius 1 is 0.970 bits per heavy atom. The third kappa shape index (κ3) is 9.91. The van der Waals surface area contributed by atoms with Gasteiger partial charge < -0.3 is 14.9 Å². The Labute approximate surface area is 197 Å². The molecule has 2 aromatic rings. The average molecular weight is 456 g/mol. The Balaban J connectivity index is 0.000000582. The summed E-state index contributed by atoms with van der Waals surface area (Å²) in [6.07, 6.45) is 3.30. The average Bonchev–Trinajstić information content (AvgIpc) is 2.75. The number of hydrogen-bond donors (Lipinski definition) is 2. The lowest BCUT2D eigenvalue weighted by Gasteiger charge is -2.30. The van der Waals surface area contributed by atoms with Gasteiger partial charge in [-0.25, -0.2) is 9.59 Å². The molecule has 0 aromatic heterocycles. The fraction of sp³-hybridized carbons (Fsp3) is 0.407. The topological polar surface area (TPSA) is 87.1 Å². The van der Waals surface area contributed by atoms with Crippen LogP contribution in [0, 0.1) is 6.92 Å². The quantitative estimate of drug-likeness (QED) is 0.464. The molecule has 0 bridgehead atoms. The van der Waals surface area contributed by atoms with Crippen LogP contribution in [0.2, 0.25) is 0 Å². The summed E-state index contributed by atoms with van der Waals surface area (Å²) in [5.41, 5.74) is 5.02. The second-order valence-electron chi connectivity index (χ2n) is 8.41. The summed E-state index contributed by atoms with van der Waals surface area (Å²) in [5, 5.41) is 15.6.